The molecule has 4 N–H and O–H groups in total. The van der Waals surface area contributed by atoms with Crippen molar-refractivity contribution in [2.75, 3.05) is 20.2 Å². The second-order valence-electron chi connectivity index (χ2n) is 8.47. The highest BCUT2D eigenvalue weighted by Crippen LogP contribution is 2.35. The van der Waals surface area contributed by atoms with Crippen LogP contribution >= 0.6 is 0 Å². The SMILES string of the molecule is COC1CC(F)CCC1OC1CC(CN)CCC1C(=O)NC1CCNC(=O)C1. The molecule has 1 saturated heterocycles. The maximum Gasteiger partial charge on any atom is 0.225 e. The van der Waals surface area contributed by atoms with E-state index in [9.17, 15) is 14.0 Å². The summed E-state index contributed by atoms with van der Waals surface area (Å²) in [7, 11) is 1.58. The number of carbonyl (C=O) groups is 2. The van der Waals surface area contributed by atoms with Gasteiger partial charge in [0.2, 0.25) is 11.8 Å². The zero-order chi connectivity index (χ0) is 20.1. The summed E-state index contributed by atoms with van der Waals surface area (Å²) in [5, 5.41) is 5.83. The summed E-state index contributed by atoms with van der Waals surface area (Å²) in [6.07, 6.45) is 3.21. The topological polar surface area (TPSA) is 103 Å². The normalized spacial score (nSPS) is 39.2. The smallest absolute Gasteiger partial charge is 0.225 e. The highest BCUT2D eigenvalue weighted by molar-refractivity contribution is 5.82. The van der Waals surface area contributed by atoms with Crippen LogP contribution in [0.4, 0.5) is 4.39 Å². The molecule has 7 atom stereocenters. The molecule has 2 saturated carbocycles. The lowest BCUT2D eigenvalue weighted by atomic mass is 9.78. The first kappa shape index (κ1) is 21.5. The molecular formula is C20H34FN3O4. The van der Waals surface area contributed by atoms with Crippen molar-refractivity contribution < 1.29 is 23.5 Å². The van der Waals surface area contributed by atoms with E-state index in [1.807, 2.05) is 0 Å². The predicted octanol–water partition coefficient (Wildman–Crippen LogP) is 1.05. The molecule has 7 unspecified atom stereocenters. The molecule has 1 aliphatic heterocycles. The maximum absolute atomic E-state index is 13.7. The van der Waals surface area contributed by atoms with Crippen LogP contribution in [-0.2, 0) is 19.1 Å². The third-order valence-corrected chi connectivity index (χ3v) is 6.48. The first-order valence-electron chi connectivity index (χ1n) is 10.6. The Bertz CT molecular complexity index is 550. The minimum Gasteiger partial charge on any atom is -0.379 e. The number of piperidine rings is 1. The second-order valence-corrected chi connectivity index (χ2v) is 8.47. The summed E-state index contributed by atoms with van der Waals surface area (Å²) in [6, 6.07) is -0.122. The molecule has 3 fully saturated rings. The molecule has 1 heterocycles. The standard InChI is InChI=1S/C20H34FN3O4/c1-27-18-9-13(21)3-5-16(18)28-17-8-12(11-22)2-4-15(17)20(26)24-14-6-7-23-19(25)10-14/h12-18H,2-11,22H2,1H3,(H,23,25)(H,24,26). The number of rotatable bonds is 6. The molecule has 0 radical (unpaired) electrons. The Kier molecular flexibility index (Phi) is 7.65. The molecule has 0 spiro atoms. The third kappa shape index (κ3) is 5.42. The summed E-state index contributed by atoms with van der Waals surface area (Å²) < 4.78 is 25.6. The molecule has 3 aliphatic rings. The van der Waals surface area contributed by atoms with Crippen molar-refractivity contribution in [1.29, 1.82) is 0 Å². The fourth-order valence-electron chi connectivity index (χ4n) is 4.77. The van der Waals surface area contributed by atoms with Gasteiger partial charge in [-0.2, -0.15) is 0 Å². The molecule has 28 heavy (non-hydrogen) atoms. The number of amides is 2. The average molecular weight is 400 g/mol. The largest absolute Gasteiger partial charge is 0.379 e. The number of ether oxygens (including phenoxy) is 2. The first-order valence-corrected chi connectivity index (χ1v) is 10.6. The first-order chi connectivity index (χ1) is 13.5. The maximum atomic E-state index is 13.7. The van der Waals surface area contributed by atoms with E-state index in [1.165, 1.54) is 0 Å². The van der Waals surface area contributed by atoms with Crippen molar-refractivity contribution >= 4 is 11.8 Å². The Labute approximate surface area is 166 Å². The van der Waals surface area contributed by atoms with Crippen LogP contribution in [-0.4, -0.2) is 62.5 Å². The molecule has 160 valence electrons. The van der Waals surface area contributed by atoms with Crippen molar-refractivity contribution in [3.63, 3.8) is 0 Å². The summed E-state index contributed by atoms with van der Waals surface area (Å²) in [4.78, 5) is 24.6. The molecule has 3 rings (SSSR count). The Morgan fingerprint density at radius 2 is 2.00 bits per heavy atom. The molecular weight excluding hydrogens is 365 g/mol. The lowest BCUT2D eigenvalue weighted by molar-refractivity contribution is -0.156. The molecule has 7 nitrogen and oxygen atoms in total. The molecule has 0 aromatic carbocycles. The van der Waals surface area contributed by atoms with Gasteiger partial charge in [0, 0.05) is 32.5 Å². The van der Waals surface area contributed by atoms with Crippen molar-refractivity contribution in [3.05, 3.63) is 0 Å². The molecule has 2 amide bonds. The quantitative estimate of drug-likeness (QED) is 0.620. The van der Waals surface area contributed by atoms with Crippen molar-refractivity contribution in [3.8, 4) is 0 Å². The number of hydrogen-bond acceptors (Lipinski definition) is 5. The fraction of sp³-hybridized carbons (Fsp3) is 0.900. The van der Waals surface area contributed by atoms with Gasteiger partial charge in [0.15, 0.2) is 0 Å². The molecule has 0 aromatic rings. The second kappa shape index (κ2) is 9.98. The van der Waals surface area contributed by atoms with Gasteiger partial charge in [-0.1, -0.05) is 0 Å². The van der Waals surface area contributed by atoms with E-state index in [0.29, 0.717) is 51.1 Å². The summed E-state index contributed by atoms with van der Waals surface area (Å²) in [5.74, 6) is -0.0168. The van der Waals surface area contributed by atoms with Gasteiger partial charge in [-0.05, 0) is 51.0 Å². The van der Waals surface area contributed by atoms with Crippen LogP contribution in [0.25, 0.3) is 0 Å². The van der Waals surface area contributed by atoms with E-state index in [1.54, 1.807) is 7.11 Å². The van der Waals surface area contributed by atoms with Crippen LogP contribution in [0.5, 0.6) is 0 Å². The summed E-state index contributed by atoms with van der Waals surface area (Å²) >= 11 is 0. The van der Waals surface area contributed by atoms with Gasteiger partial charge < -0.3 is 25.8 Å². The van der Waals surface area contributed by atoms with Crippen LogP contribution in [0, 0.1) is 11.8 Å². The third-order valence-electron chi connectivity index (χ3n) is 6.48. The van der Waals surface area contributed by atoms with Gasteiger partial charge in [-0.25, -0.2) is 4.39 Å². The van der Waals surface area contributed by atoms with Crippen LogP contribution < -0.4 is 16.4 Å². The number of nitrogens with two attached hydrogens (primary N) is 1. The molecule has 8 heteroatoms. The Balaban J connectivity index is 1.64. The Hall–Kier alpha value is -1.25. The number of halogens is 1. The molecule has 2 aliphatic carbocycles. The average Bonchev–Trinajstić information content (AvgIpc) is 2.69. The summed E-state index contributed by atoms with van der Waals surface area (Å²) in [6.45, 7) is 1.16. The van der Waals surface area contributed by atoms with Crippen LogP contribution in [0.1, 0.15) is 51.4 Å². The molecule has 0 bridgehead atoms. The fourth-order valence-corrected chi connectivity index (χ4v) is 4.77. The highest BCUT2D eigenvalue weighted by atomic mass is 19.1. The van der Waals surface area contributed by atoms with E-state index in [2.05, 4.69) is 10.6 Å². The lowest BCUT2D eigenvalue weighted by Crippen LogP contribution is -2.51. The zero-order valence-corrected chi connectivity index (χ0v) is 16.7. The van der Waals surface area contributed by atoms with E-state index in [0.717, 1.165) is 19.3 Å². The van der Waals surface area contributed by atoms with Crippen LogP contribution in [0.15, 0.2) is 0 Å². The van der Waals surface area contributed by atoms with E-state index >= 15 is 0 Å². The zero-order valence-electron chi connectivity index (χ0n) is 16.7. The molecule has 0 aromatic heterocycles. The van der Waals surface area contributed by atoms with Gasteiger partial charge in [-0.15, -0.1) is 0 Å². The Morgan fingerprint density at radius 3 is 2.71 bits per heavy atom. The Morgan fingerprint density at radius 1 is 1.18 bits per heavy atom. The number of alkyl halides is 1. The van der Waals surface area contributed by atoms with Crippen molar-refractivity contribution in [1.82, 2.24) is 10.6 Å². The van der Waals surface area contributed by atoms with Gasteiger partial charge in [-0.3, -0.25) is 9.59 Å². The summed E-state index contributed by atoms with van der Waals surface area (Å²) in [5.41, 5.74) is 5.88. The number of nitrogens with one attached hydrogen (secondary N) is 2. The number of hydrogen-bond donors (Lipinski definition) is 3. The van der Waals surface area contributed by atoms with Gasteiger partial charge in [0.25, 0.3) is 0 Å². The van der Waals surface area contributed by atoms with Crippen LogP contribution in [0.2, 0.25) is 0 Å². The van der Waals surface area contributed by atoms with E-state index in [-0.39, 0.29) is 42.1 Å². The number of methoxy groups -OCH3 is 1. The minimum atomic E-state index is -0.857. The minimum absolute atomic E-state index is 0.0258. The van der Waals surface area contributed by atoms with Crippen LogP contribution in [0.3, 0.4) is 0 Å². The lowest BCUT2D eigenvalue weighted by Gasteiger charge is -2.40. The predicted molar refractivity (Wildman–Crippen MR) is 102 cm³/mol. The number of carbonyl (C=O) groups excluding carboxylic acids is 2. The van der Waals surface area contributed by atoms with Gasteiger partial charge in [0.05, 0.1) is 24.2 Å². The van der Waals surface area contributed by atoms with E-state index in [4.69, 9.17) is 15.2 Å². The van der Waals surface area contributed by atoms with Crippen molar-refractivity contribution in [2.24, 2.45) is 17.6 Å². The van der Waals surface area contributed by atoms with E-state index < -0.39 is 6.17 Å². The van der Waals surface area contributed by atoms with Crippen molar-refractivity contribution in [2.45, 2.75) is 81.9 Å². The highest BCUT2D eigenvalue weighted by Gasteiger charge is 2.40. The monoisotopic (exact) mass is 399 g/mol. The van der Waals surface area contributed by atoms with Gasteiger partial charge >= 0.3 is 0 Å². The van der Waals surface area contributed by atoms with Gasteiger partial charge in [0.1, 0.15) is 6.17 Å².